The number of amides is 1. The average molecular weight is 350 g/mol. The molecule has 0 saturated heterocycles. The number of rotatable bonds is 6. The zero-order valence-electron chi connectivity index (χ0n) is 13.5. The largest absolute Gasteiger partial charge is 0.376 e. The molecular formula is C17H20ClN3O3. The van der Waals surface area contributed by atoms with E-state index >= 15 is 0 Å². The van der Waals surface area contributed by atoms with E-state index in [1.54, 1.807) is 12.1 Å². The maximum atomic E-state index is 12.1. The van der Waals surface area contributed by atoms with Gasteiger partial charge in [-0.15, -0.1) is 12.4 Å². The van der Waals surface area contributed by atoms with Gasteiger partial charge in [0.1, 0.15) is 0 Å². The lowest BCUT2D eigenvalue weighted by Crippen LogP contribution is -2.43. The van der Waals surface area contributed by atoms with Crippen LogP contribution in [0.5, 0.6) is 0 Å². The molecule has 0 heterocycles. The summed E-state index contributed by atoms with van der Waals surface area (Å²) < 4.78 is 0. The molecule has 0 bridgehead atoms. The molecule has 0 saturated carbocycles. The summed E-state index contributed by atoms with van der Waals surface area (Å²) in [7, 11) is 0. The molecule has 24 heavy (non-hydrogen) atoms. The standard InChI is InChI=1S/C17H19N3O3.ClH/c1-17(2,13-8-10-15(11-9-13)20(22)23)19-16(21)12-18-14-6-4-3-5-7-14;/h3-11,18H,12H2,1-2H3,(H,19,21);1H. The molecule has 2 N–H and O–H groups in total. The van der Waals surface area contributed by atoms with Crippen LogP contribution in [0.2, 0.25) is 0 Å². The first-order chi connectivity index (χ1) is 10.9. The van der Waals surface area contributed by atoms with Crippen molar-refractivity contribution in [1.82, 2.24) is 5.32 Å². The van der Waals surface area contributed by atoms with Crippen LogP contribution in [0.15, 0.2) is 54.6 Å². The molecule has 0 aliphatic carbocycles. The molecule has 0 unspecified atom stereocenters. The normalized spacial score (nSPS) is 10.4. The van der Waals surface area contributed by atoms with Gasteiger partial charge in [0.15, 0.2) is 0 Å². The number of nitro benzene ring substituents is 1. The molecular weight excluding hydrogens is 330 g/mol. The van der Waals surface area contributed by atoms with Crippen molar-refractivity contribution in [3.05, 3.63) is 70.3 Å². The lowest BCUT2D eigenvalue weighted by Gasteiger charge is -2.27. The predicted octanol–water partition coefficient (Wildman–Crippen LogP) is 3.48. The number of hydrogen-bond acceptors (Lipinski definition) is 4. The number of nitro groups is 1. The topological polar surface area (TPSA) is 84.3 Å². The van der Waals surface area contributed by atoms with Crippen LogP contribution < -0.4 is 10.6 Å². The number of nitrogens with one attached hydrogen (secondary N) is 2. The molecule has 1 amide bonds. The van der Waals surface area contributed by atoms with E-state index in [1.807, 2.05) is 44.2 Å². The third-order valence-electron chi connectivity index (χ3n) is 3.48. The monoisotopic (exact) mass is 349 g/mol. The number of para-hydroxylation sites is 1. The molecule has 0 aliphatic heterocycles. The Hall–Kier alpha value is -2.60. The lowest BCUT2D eigenvalue weighted by molar-refractivity contribution is -0.384. The van der Waals surface area contributed by atoms with Crippen molar-refractivity contribution in [2.24, 2.45) is 0 Å². The Labute approximate surface area is 146 Å². The van der Waals surface area contributed by atoms with Crippen molar-refractivity contribution in [2.75, 3.05) is 11.9 Å². The van der Waals surface area contributed by atoms with Gasteiger partial charge in [0.2, 0.25) is 5.91 Å². The van der Waals surface area contributed by atoms with Gasteiger partial charge in [0.25, 0.3) is 5.69 Å². The van der Waals surface area contributed by atoms with Gasteiger partial charge in [-0.25, -0.2) is 0 Å². The SMILES string of the molecule is CC(C)(NC(=O)CNc1ccccc1)c1ccc([N+](=O)[O-])cc1.Cl. The highest BCUT2D eigenvalue weighted by Gasteiger charge is 2.23. The molecule has 128 valence electrons. The first-order valence-corrected chi connectivity index (χ1v) is 7.23. The number of benzene rings is 2. The summed E-state index contributed by atoms with van der Waals surface area (Å²) in [6.45, 7) is 3.86. The molecule has 0 spiro atoms. The van der Waals surface area contributed by atoms with Crippen LogP contribution in [0.1, 0.15) is 19.4 Å². The zero-order valence-corrected chi connectivity index (χ0v) is 14.3. The van der Waals surface area contributed by atoms with Crippen LogP contribution in [-0.2, 0) is 10.3 Å². The second-order valence-corrected chi connectivity index (χ2v) is 5.70. The van der Waals surface area contributed by atoms with E-state index < -0.39 is 10.5 Å². The Bertz CT molecular complexity index is 688. The minimum atomic E-state index is -0.620. The van der Waals surface area contributed by atoms with Gasteiger partial charge < -0.3 is 10.6 Å². The lowest BCUT2D eigenvalue weighted by atomic mass is 9.94. The Morgan fingerprint density at radius 1 is 1.08 bits per heavy atom. The third-order valence-corrected chi connectivity index (χ3v) is 3.48. The Balaban J connectivity index is 0.00000288. The van der Waals surface area contributed by atoms with Crippen LogP contribution in [0.25, 0.3) is 0 Å². The average Bonchev–Trinajstić information content (AvgIpc) is 2.53. The molecule has 0 aromatic heterocycles. The van der Waals surface area contributed by atoms with Crippen LogP contribution in [-0.4, -0.2) is 17.4 Å². The predicted molar refractivity (Wildman–Crippen MR) is 96.4 cm³/mol. The second-order valence-electron chi connectivity index (χ2n) is 5.70. The molecule has 2 aromatic rings. The molecule has 2 aromatic carbocycles. The van der Waals surface area contributed by atoms with Crippen LogP contribution in [0.4, 0.5) is 11.4 Å². The summed E-state index contributed by atoms with van der Waals surface area (Å²) in [5.41, 5.74) is 1.08. The Kier molecular flexibility index (Phi) is 6.73. The molecule has 2 rings (SSSR count). The van der Waals surface area contributed by atoms with Gasteiger partial charge in [-0.1, -0.05) is 18.2 Å². The van der Waals surface area contributed by atoms with E-state index in [9.17, 15) is 14.9 Å². The maximum absolute atomic E-state index is 12.1. The minimum absolute atomic E-state index is 0. The van der Waals surface area contributed by atoms with Gasteiger partial charge >= 0.3 is 0 Å². The molecule has 6 nitrogen and oxygen atoms in total. The second kappa shape index (κ2) is 8.31. The number of non-ortho nitro benzene ring substituents is 1. The van der Waals surface area contributed by atoms with E-state index in [2.05, 4.69) is 10.6 Å². The third kappa shape index (κ3) is 5.24. The quantitative estimate of drug-likeness (QED) is 0.617. The fourth-order valence-corrected chi connectivity index (χ4v) is 2.20. The summed E-state index contributed by atoms with van der Waals surface area (Å²) >= 11 is 0. The number of carbonyl (C=O) groups is 1. The highest BCUT2D eigenvalue weighted by Crippen LogP contribution is 2.22. The molecule has 0 atom stereocenters. The van der Waals surface area contributed by atoms with Crippen molar-refractivity contribution in [1.29, 1.82) is 0 Å². The number of anilines is 1. The van der Waals surface area contributed by atoms with Gasteiger partial charge in [0.05, 0.1) is 17.0 Å². The zero-order chi connectivity index (χ0) is 16.9. The first-order valence-electron chi connectivity index (χ1n) is 7.23. The summed E-state index contributed by atoms with van der Waals surface area (Å²) in [4.78, 5) is 22.3. The highest BCUT2D eigenvalue weighted by atomic mass is 35.5. The molecule has 0 aliphatic rings. The fraction of sp³-hybridized carbons (Fsp3) is 0.235. The van der Waals surface area contributed by atoms with Crippen molar-refractivity contribution in [3.8, 4) is 0 Å². The van der Waals surface area contributed by atoms with Gasteiger partial charge in [-0.2, -0.15) is 0 Å². The maximum Gasteiger partial charge on any atom is 0.269 e. The molecule has 7 heteroatoms. The summed E-state index contributed by atoms with van der Waals surface area (Å²) in [5.74, 6) is -0.155. The minimum Gasteiger partial charge on any atom is -0.376 e. The van der Waals surface area contributed by atoms with Crippen molar-refractivity contribution < 1.29 is 9.72 Å². The van der Waals surface area contributed by atoms with E-state index in [4.69, 9.17) is 0 Å². The van der Waals surface area contributed by atoms with E-state index in [-0.39, 0.29) is 30.5 Å². The van der Waals surface area contributed by atoms with Gasteiger partial charge in [-0.05, 0) is 43.7 Å². The van der Waals surface area contributed by atoms with Crippen molar-refractivity contribution >= 4 is 29.7 Å². The van der Waals surface area contributed by atoms with Crippen LogP contribution in [0, 0.1) is 10.1 Å². The number of halogens is 1. The summed E-state index contributed by atoms with van der Waals surface area (Å²) in [6, 6.07) is 15.6. The number of hydrogen-bond donors (Lipinski definition) is 2. The highest BCUT2D eigenvalue weighted by molar-refractivity contribution is 5.85. The van der Waals surface area contributed by atoms with Crippen LogP contribution in [0.3, 0.4) is 0 Å². The fourth-order valence-electron chi connectivity index (χ4n) is 2.20. The van der Waals surface area contributed by atoms with E-state index in [0.717, 1.165) is 11.3 Å². The summed E-state index contributed by atoms with van der Waals surface area (Å²) in [5, 5.41) is 16.6. The van der Waals surface area contributed by atoms with Crippen molar-refractivity contribution in [3.63, 3.8) is 0 Å². The number of carbonyl (C=O) groups excluding carboxylic acids is 1. The molecule has 0 fully saturated rings. The van der Waals surface area contributed by atoms with E-state index in [1.165, 1.54) is 12.1 Å². The van der Waals surface area contributed by atoms with Crippen molar-refractivity contribution in [2.45, 2.75) is 19.4 Å². The summed E-state index contributed by atoms with van der Waals surface area (Å²) in [6.07, 6.45) is 0. The Morgan fingerprint density at radius 3 is 2.21 bits per heavy atom. The van der Waals surface area contributed by atoms with E-state index in [0.29, 0.717) is 0 Å². The molecule has 0 radical (unpaired) electrons. The number of nitrogens with zero attached hydrogens (tertiary/aromatic N) is 1. The smallest absolute Gasteiger partial charge is 0.269 e. The van der Waals surface area contributed by atoms with Gasteiger partial charge in [0, 0.05) is 17.8 Å². The Morgan fingerprint density at radius 2 is 1.67 bits per heavy atom. The van der Waals surface area contributed by atoms with Crippen LogP contribution >= 0.6 is 12.4 Å². The van der Waals surface area contributed by atoms with Gasteiger partial charge in [-0.3, -0.25) is 14.9 Å². The first kappa shape index (κ1) is 19.4.